The van der Waals surface area contributed by atoms with E-state index in [1.165, 1.54) is 12.5 Å². The molecule has 66 heavy (non-hydrogen) atoms. The molecule has 7 N–H and O–H groups in total. The van der Waals surface area contributed by atoms with E-state index in [1.54, 1.807) is 0 Å². The molecule has 0 unspecified atom stereocenters. The zero-order valence-corrected chi connectivity index (χ0v) is 39.2. The molecule has 0 radical (unpaired) electrons. The highest BCUT2D eigenvalue weighted by molar-refractivity contribution is 5.82. The van der Waals surface area contributed by atoms with Gasteiger partial charge in [-0.1, -0.05) is 46.8 Å². The van der Waals surface area contributed by atoms with Crippen LogP contribution in [0.2, 0.25) is 0 Å². The SMILES string of the molecule is C=C1CC[C@@]23CC[C@]4(C)[C@](OC2=O)([C@H]2O[C@H]2[C@@H]2[C@@]5(C)CC[C@H](O[C@@H]6OC[C@@H](O)[C@H](O[C@@H]7O[C@H](COC(C)=O)[C@@H](O)[C@H](O)[C@H]7O[C@@H]7O[C@@H](C)[C@H](O)[C@@H](O)[C@H]7O)[C@H]6O)C(C)(C)[C@H]5CC[C@]24C)[C@H]3C1. The van der Waals surface area contributed by atoms with Crippen LogP contribution in [-0.4, -0.2) is 171 Å². The molecule has 5 saturated heterocycles. The van der Waals surface area contributed by atoms with Crippen LogP contribution in [0.1, 0.15) is 106 Å². The zero-order chi connectivity index (χ0) is 47.4. The number of allylic oxidation sites excluding steroid dienone is 1. The number of rotatable bonds is 8. The Kier molecular flexibility index (Phi) is 11.6. The molecule has 18 nitrogen and oxygen atoms in total. The van der Waals surface area contributed by atoms with Gasteiger partial charge in [0.2, 0.25) is 0 Å². The second kappa shape index (κ2) is 16.1. The van der Waals surface area contributed by atoms with E-state index >= 15 is 0 Å². The van der Waals surface area contributed by atoms with Gasteiger partial charge in [-0.25, -0.2) is 0 Å². The lowest BCUT2D eigenvalue weighted by molar-refractivity contribution is -0.385. The lowest BCUT2D eigenvalue weighted by atomic mass is 9.31. The predicted molar refractivity (Wildman–Crippen MR) is 225 cm³/mol. The minimum absolute atomic E-state index is 0.0314. The Morgan fingerprint density at radius 2 is 1.48 bits per heavy atom. The fourth-order valence-corrected chi connectivity index (χ4v) is 16.1. The molecule has 1 spiro atoms. The highest BCUT2D eigenvalue weighted by Gasteiger charge is 2.89. The molecule has 18 heteroatoms. The smallest absolute Gasteiger partial charge is 0.313 e. The highest BCUT2D eigenvalue weighted by atomic mass is 16.8. The molecule has 10 rings (SSSR count). The van der Waals surface area contributed by atoms with Crippen molar-refractivity contribution in [2.75, 3.05) is 13.2 Å². The van der Waals surface area contributed by atoms with E-state index in [2.05, 4.69) is 41.2 Å². The van der Waals surface area contributed by atoms with E-state index in [9.17, 15) is 45.3 Å². The van der Waals surface area contributed by atoms with Gasteiger partial charge in [0, 0.05) is 18.3 Å². The van der Waals surface area contributed by atoms with Crippen LogP contribution in [0.4, 0.5) is 0 Å². The van der Waals surface area contributed by atoms with Crippen molar-refractivity contribution < 1.29 is 88.0 Å². The average molecular weight is 937 g/mol. The van der Waals surface area contributed by atoms with Gasteiger partial charge < -0.3 is 78.4 Å². The normalized spacial score (nSPS) is 57.0. The lowest BCUT2D eigenvalue weighted by Gasteiger charge is -2.72. The average Bonchev–Trinajstić information content (AvgIpc) is 4.02. The van der Waals surface area contributed by atoms with Crippen LogP contribution in [0.3, 0.4) is 0 Å². The Bertz CT molecular complexity index is 1930. The molecule has 5 aliphatic carbocycles. The van der Waals surface area contributed by atoms with Gasteiger partial charge in [-0.05, 0) is 92.8 Å². The largest absolute Gasteiger partial charge is 0.463 e. The molecule has 5 heterocycles. The van der Waals surface area contributed by atoms with E-state index in [1.807, 2.05) is 0 Å². The summed E-state index contributed by atoms with van der Waals surface area (Å²) in [6.07, 6.45) is -14.7. The number of aliphatic hydroxyl groups is 7. The van der Waals surface area contributed by atoms with E-state index < -0.39 is 121 Å². The maximum Gasteiger partial charge on any atom is 0.313 e. The van der Waals surface area contributed by atoms with E-state index in [-0.39, 0.29) is 58.8 Å². The minimum Gasteiger partial charge on any atom is -0.463 e. The fourth-order valence-electron chi connectivity index (χ4n) is 16.1. The summed E-state index contributed by atoms with van der Waals surface area (Å²) in [6.45, 7) is 17.9. The van der Waals surface area contributed by atoms with Crippen molar-refractivity contribution in [2.24, 2.45) is 44.8 Å². The number of carbonyl (C=O) groups is 2. The topological polar surface area (TPSA) is 262 Å². The Morgan fingerprint density at radius 3 is 2.21 bits per heavy atom. The second-order valence-electron chi connectivity index (χ2n) is 23.1. The standard InChI is InChI=1S/C48H72O18/c1-20-9-14-47-16-15-46(8)45(7)13-10-25-43(4,5)27(11-12-44(25,6)37(45)36-38(63-36)48(46,26(47)17-20)66-42(47)57)62-39-33(56)34(23(50)18-59-39)64-41-35(31(54)29(52)24(61-41)19-58-22(3)49)65-40-32(55)30(53)28(51)21(2)60-40/h21,23-41,50-56H,1,9-19H2,2-8H3/t21-,23+,24+,25+,26-,27-,28-,29+,30+,31-,32+,33+,34-,35+,36-,37+,38-,39-,40-,41-,44-,45+,46-,47-,48+/m0/s1. The molecule has 0 aromatic heterocycles. The molecule has 25 atom stereocenters. The van der Waals surface area contributed by atoms with E-state index in [4.69, 9.17) is 42.6 Å². The maximum absolute atomic E-state index is 14.0. The minimum atomic E-state index is -1.82. The van der Waals surface area contributed by atoms with Crippen molar-refractivity contribution >= 4 is 11.9 Å². The molecule has 0 aromatic carbocycles. The first-order chi connectivity index (χ1) is 31.0. The summed E-state index contributed by atoms with van der Waals surface area (Å²) in [6, 6.07) is 0. The first kappa shape index (κ1) is 47.8. The summed E-state index contributed by atoms with van der Waals surface area (Å²) in [5, 5.41) is 77.2. The van der Waals surface area contributed by atoms with Crippen molar-refractivity contribution in [3.8, 4) is 0 Å². The summed E-state index contributed by atoms with van der Waals surface area (Å²) in [5.74, 6) is -0.261. The maximum atomic E-state index is 14.0. The van der Waals surface area contributed by atoms with Gasteiger partial charge in [-0.15, -0.1) is 0 Å². The van der Waals surface area contributed by atoms with Gasteiger partial charge in [0.1, 0.15) is 73.8 Å². The third-order valence-electron chi connectivity index (χ3n) is 19.8. The van der Waals surface area contributed by atoms with Crippen LogP contribution >= 0.6 is 0 Å². The predicted octanol–water partition coefficient (Wildman–Crippen LogP) is 1.14. The van der Waals surface area contributed by atoms with E-state index in [0.29, 0.717) is 6.42 Å². The molecule has 372 valence electrons. The van der Waals surface area contributed by atoms with Crippen molar-refractivity contribution in [1.29, 1.82) is 0 Å². The van der Waals surface area contributed by atoms with Gasteiger partial charge in [-0.2, -0.15) is 0 Å². The van der Waals surface area contributed by atoms with Crippen LogP contribution in [0.25, 0.3) is 0 Å². The van der Waals surface area contributed by atoms with E-state index in [0.717, 1.165) is 58.3 Å². The van der Waals surface area contributed by atoms with Gasteiger partial charge in [0.15, 0.2) is 24.5 Å². The molecule has 2 bridgehead atoms. The summed E-state index contributed by atoms with van der Waals surface area (Å²) in [5.41, 5.74) is -1.00. The van der Waals surface area contributed by atoms with Gasteiger partial charge >= 0.3 is 11.9 Å². The molecule has 10 fully saturated rings. The Morgan fingerprint density at radius 1 is 0.758 bits per heavy atom. The summed E-state index contributed by atoms with van der Waals surface area (Å²) < 4.78 is 55.3. The Labute approximate surface area is 385 Å². The van der Waals surface area contributed by atoms with Gasteiger partial charge in [-0.3, -0.25) is 9.59 Å². The number of hydrogen-bond acceptors (Lipinski definition) is 18. The van der Waals surface area contributed by atoms with Crippen molar-refractivity contribution in [3.05, 3.63) is 12.2 Å². The first-order valence-electron chi connectivity index (χ1n) is 24.3. The van der Waals surface area contributed by atoms with Crippen molar-refractivity contribution in [2.45, 2.75) is 216 Å². The van der Waals surface area contributed by atoms with Crippen LogP contribution in [0.15, 0.2) is 12.2 Å². The molecular formula is C48H72O18. The Balaban J connectivity index is 0.868. The highest BCUT2D eigenvalue weighted by Crippen LogP contribution is 2.83. The van der Waals surface area contributed by atoms with Crippen molar-refractivity contribution in [3.63, 3.8) is 0 Å². The molecule has 5 saturated carbocycles. The number of hydrogen-bond donors (Lipinski definition) is 7. The number of esters is 2. The summed E-state index contributed by atoms with van der Waals surface area (Å²) >= 11 is 0. The Hall–Kier alpha value is -1.88. The van der Waals surface area contributed by atoms with Crippen LogP contribution < -0.4 is 0 Å². The molecule has 0 amide bonds. The number of fused-ring (bicyclic) bond motifs is 6. The van der Waals surface area contributed by atoms with Crippen LogP contribution in [0, 0.1) is 44.8 Å². The van der Waals surface area contributed by atoms with Gasteiger partial charge in [0.05, 0.1) is 30.3 Å². The lowest BCUT2D eigenvalue weighted by Crippen LogP contribution is -2.74. The van der Waals surface area contributed by atoms with Crippen LogP contribution in [0.5, 0.6) is 0 Å². The fraction of sp³-hybridized carbons (Fsp3) is 0.917. The number of aliphatic hydroxyl groups excluding tert-OH is 7. The quantitative estimate of drug-likeness (QED) is 0.0779. The van der Waals surface area contributed by atoms with Crippen molar-refractivity contribution in [1.82, 2.24) is 0 Å². The number of ether oxygens (including phenoxy) is 9. The third kappa shape index (κ3) is 6.56. The molecular weight excluding hydrogens is 865 g/mol. The third-order valence-corrected chi connectivity index (χ3v) is 19.8. The summed E-state index contributed by atoms with van der Waals surface area (Å²) in [4.78, 5) is 25.8. The monoisotopic (exact) mass is 936 g/mol. The second-order valence-corrected chi connectivity index (χ2v) is 23.1. The first-order valence-corrected chi connectivity index (χ1v) is 24.3. The molecule has 10 aliphatic rings. The number of epoxide rings is 1. The molecule has 5 aliphatic heterocycles. The van der Waals surface area contributed by atoms with Gasteiger partial charge in [0.25, 0.3) is 0 Å². The molecule has 0 aromatic rings. The zero-order valence-electron chi connectivity index (χ0n) is 39.2. The summed E-state index contributed by atoms with van der Waals surface area (Å²) in [7, 11) is 0. The number of carbonyl (C=O) groups excluding carboxylic acids is 2. The van der Waals surface area contributed by atoms with Crippen LogP contribution in [-0.2, 0) is 52.2 Å².